The number of halogens is 3. The number of hydrogen-bond acceptors (Lipinski definition) is 3. The quantitative estimate of drug-likeness (QED) is 0.825. The van der Waals surface area contributed by atoms with Gasteiger partial charge in [0, 0.05) is 0 Å². The van der Waals surface area contributed by atoms with Crippen LogP contribution in [0.4, 0.5) is 18.9 Å². The molecule has 8 heteroatoms. The number of para-hydroxylation sites is 1. The van der Waals surface area contributed by atoms with E-state index in [4.69, 9.17) is 4.74 Å². The Morgan fingerprint density at radius 1 is 1.04 bits per heavy atom. The van der Waals surface area contributed by atoms with E-state index in [2.05, 4.69) is 5.32 Å². The van der Waals surface area contributed by atoms with E-state index in [0.29, 0.717) is 5.75 Å². The lowest BCUT2D eigenvalue weighted by atomic mass is 10.1. The average molecular weight is 366 g/mol. The fraction of sp³-hybridized carbons (Fsp3) is 0.222. The Morgan fingerprint density at radius 2 is 1.69 bits per heavy atom. The zero-order valence-corrected chi connectivity index (χ0v) is 13.9. The minimum atomic E-state index is -4.51. The molecule has 0 saturated carbocycles. The van der Waals surface area contributed by atoms with Crippen LogP contribution < -0.4 is 15.4 Å². The highest BCUT2D eigenvalue weighted by molar-refractivity contribution is 6.04. The van der Waals surface area contributed by atoms with Gasteiger partial charge < -0.3 is 15.4 Å². The van der Waals surface area contributed by atoms with Crippen molar-refractivity contribution in [1.82, 2.24) is 5.32 Å². The van der Waals surface area contributed by atoms with E-state index in [0.717, 1.165) is 5.56 Å². The molecule has 0 heterocycles. The predicted molar refractivity (Wildman–Crippen MR) is 90.2 cm³/mol. The first-order valence-electron chi connectivity index (χ1n) is 7.65. The lowest BCUT2D eigenvalue weighted by Gasteiger charge is -2.12. The van der Waals surface area contributed by atoms with Gasteiger partial charge in [-0.2, -0.15) is 13.2 Å². The van der Waals surface area contributed by atoms with Gasteiger partial charge in [-0.15, -0.1) is 0 Å². The largest absolute Gasteiger partial charge is 0.497 e. The smallest absolute Gasteiger partial charge is 0.405 e. The maximum absolute atomic E-state index is 12.2. The van der Waals surface area contributed by atoms with Crippen LogP contribution in [0.2, 0.25) is 0 Å². The van der Waals surface area contributed by atoms with E-state index in [1.54, 1.807) is 35.6 Å². The van der Waals surface area contributed by atoms with Crippen LogP contribution in [-0.4, -0.2) is 31.6 Å². The first-order chi connectivity index (χ1) is 12.3. The summed E-state index contributed by atoms with van der Waals surface area (Å²) in [5, 5.41) is 4.34. The molecule has 5 nitrogen and oxygen atoms in total. The Kier molecular flexibility index (Phi) is 6.21. The number of nitrogens with one attached hydrogen (secondary N) is 2. The van der Waals surface area contributed by atoms with Crippen LogP contribution in [0.3, 0.4) is 0 Å². The van der Waals surface area contributed by atoms with Crippen molar-refractivity contribution in [1.29, 1.82) is 0 Å². The number of carbonyl (C=O) groups is 2. The van der Waals surface area contributed by atoms with Gasteiger partial charge in [-0.25, -0.2) is 0 Å². The number of alkyl halides is 3. The highest BCUT2D eigenvalue weighted by atomic mass is 19.4. The third-order valence-electron chi connectivity index (χ3n) is 3.42. The summed E-state index contributed by atoms with van der Waals surface area (Å²) < 4.78 is 41.8. The van der Waals surface area contributed by atoms with Crippen molar-refractivity contribution in [2.24, 2.45) is 0 Å². The van der Waals surface area contributed by atoms with Gasteiger partial charge in [-0.1, -0.05) is 24.3 Å². The van der Waals surface area contributed by atoms with Gasteiger partial charge in [-0.05, 0) is 29.8 Å². The van der Waals surface area contributed by atoms with Gasteiger partial charge in [0.05, 0.1) is 24.8 Å². The van der Waals surface area contributed by atoms with Crippen molar-refractivity contribution < 1.29 is 27.5 Å². The summed E-state index contributed by atoms with van der Waals surface area (Å²) in [6.45, 7) is -1.44. The fourth-order valence-corrected chi connectivity index (χ4v) is 2.19. The second kappa shape index (κ2) is 8.37. The lowest BCUT2D eigenvalue weighted by Crippen LogP contribution is -2.34. The minimum absolute atomic E-state index is 0.0418. The molecule has 0 unspecified atom stereocenters. The number of hydrogen-bond donors (Lipinski definition) is 2. The van der Waals surface area contributed by atoms with E-state index in [1.807, 2.05) is 0 Å². The number of rotatable bonds is 6. The third-order valence-corrected chi connectivity index (χ3v) is 3.42. The van der Waals surface area contributed by atoms with E-state index >= 15 is 0 Å². The predicted octanol–water partition coefficient (Wildman–Crippen LogP) is 3.17. The molecule has 0 aliphatic heterocycles. The van der Waals surface area contributed by atoms with E-state index < -0.39 is 24.5 Å². The van der Waals surface area contributed by atoms with Crippen LogP contribution in [0.1, 0.15) is 15.9 Å². The maximum Gasteiger partial charge on any atom is 0.405 e. The molecule has 0 radical (unpaired) electrons. The van der Waals surface area contributed by atoms with Crippen LogP contribution >= 0.6 is 0 Å². The van der Waals surface area contributed by atoms with Gasteiger partial charge in [0.25, 0.3) is 5.91 Å². The Bertz CT molecular complexity index is 774. The molecule has 0 aromatic heterocycles. The average Bonchev–Trinajstić information content (AvgIpc) is 2.60. The molecule has 0 spiro atoms. The number of anilines is 1. The van der Waals surface area contributed by atoms with Crippen LogP contribution in [0.5, 0.6) is 5.75 Å². The molecule has 138 valence electrons. The molecule has 2 rings (SSSR count). The summed E-state index contributed by atoms with van der Waals surface area (Å²) in [6, 6.07) is 12.7. The molecule has 26 heavy (non-hydrogen) atoms. The number of benzene rings is 2. The Morgan fingerprint density at radius 3 is 2.31 bits per heavy atom. The second-order valence-electron chi connectivity index (χ2n) is 5.42. The van der Waals surface area contributed by atoms with Gasteiger partial charge >= 0.3 is 6.18 Å². The van der Waals surface area contributed by atoms with Gasteiger partial charge in [-0.3, -0.25) is 9.59 Å². The first kappa shape index (κ1) is 19.3. The number of ether oxygens (including phenoxy) is 1. The Hall–Kier alpha value is -3.03. The van der Waals surface area contributed by atoms with Crippen molar-refractivity contribution in [3.63, 3.8) is 0 Å². The molecule has 0 aliphatic carbocycles. The SMILES string of the molecule is COc1ccc(CC(=O)Nc2ccccc2C(=O)NCC(F)(F)F)cc1. The zero-order valence-electron chi connectivity index (χ0n) is 13.9. The van der Waals surface area contributed by atoms with Gasteiger partial charge in [0.15, 0.2) is 0 Å². The summed E-state index contributed by atoms with van der Waals surface area (Å²) in [5.41, 5.74) is 0.827. The molecule has 2 aromatic carbocycles. The normalized spacial score (nSPS) is 10.9. The van der Waals surface area contributed by atoms with Crippen LogP contribution in [0, 0.1) is 0 Å². The molecule has 2 aromatic rings. The van der Waals surface area contributed by atoms with Crippen LogP contribution in [0.15, 0.2) is 48.5 Å². The maximum atomic E-state index is 12.2. The molecule has 2 amide bonds. The van der Waals surface area contributed by atoms with Crippen molar-refractivity contribution in [3.05, 3.63) is 59.7 Å². The lowest BCUT2D eigenvalue weighted by molar-refractivity contribution is -0.123. The topological polar surface area (TPSA) is 67.4 Å². The van der Waals surface area contributed by atoms with Crippen LogP contribution in [-0.2, 0) is 11.2 Å². The molecule has 0 atom stereocenters. The monoisotopic (exact) mass is 366 g/mol. The molecular formula is C18H17F3N2O3. The van der Waals surface area contributed by atoms with Gasteiger partial charge in [0.2, 0.25) is 5.91 Å². The standard InChI is InChI=1S/C18H17F3N2O3/c1-26-13-8-6-12(7-9-13)10-16(24)23-15-5-3-2-4-14(15)17(25)22-11-18(19,20)21/h2-9H,10-11H2,1H3,(H,22,25)(H,23,24). The first-order valence-corrected chi connectivity index (χ1v) is 7.65. The molecule has 0 saturated heterocycles. The van der Waals surface area contributed by atoms with Crippen molar-refractivity contribution in [2.75, 3.05) is 19.0 Å². The molecular weight excluding hydrogens is 349 g/mol. The molecule has 2 N–H and O–H groups in total. The zero-order chi connectivity index (χ0) is 19.2. The Balaban J connectivity index is 2.04. The van der Waals surface area contributed by atoms with E-state index in [9.17, 15) is 22.8 Å². The van der Waals surface area contributed by atoms with Crippen LogP contribution in [0.25, 0.3) is 0 Å². The molecule has 0 aliphatic rings. The highest BCUT2D eigenvalue weighted by Crippen LogP contribution is 2.18. The number of amides is 2. The van der Waals surface area contributed by atoms with Gasteiger partial charge in [0.1, 0.15) is 12.3 Å². The van der Waals surface area contributed by atoms with Crippen molar-refractivity contribution in [2.45, 2.75) is 12.6 Å². The summed E-state index contributed by atoms with van der Waals surface area (Å²) in [4.78, 5) is 24.1. The highest BCUT2D eigenvalue weighted by Gasteiger charge is 2.28. The van der Waals surface area contributed by atoms with Crippen molar-refractivity contribution >= 4 is 17.5 Å². The summed E-state index contributed by atoms with van der Waals surface area (Å²) in [5.74, 6) is -0.658. The Labute approximate surface area is 148 Å². The van der Waals surface area contributed by atoms with E-state index in [1.165, 1.54) is 25.3 Å². The number of carbonyl (C=O) groups excluding carboxylic acids is 2. The number of methoxy groups -OCH3 is 1. The van der Waals surface area contributed by atoms with Crippen molar-refractivity contribution in [3.8, 4) is 5.75 Å². The summed E-state index contributed by atoms with van der Waals surface area (Å²) in [6.07, 6.45) is -4.47. The van der Waals surface area contributed by atoms with E-state index in [-0.39, 0.29) is 17.7 Å². The molecule has 0 bridgehead atoms. The summed E-state index contributed by atoms with van der Waals surface area (Å²) in [7, 11) is 1.53. The molecule has 0 fully saturated rings. The third kappa shape index (κ3) is 5.80. The second-order valence-corrected chi connectivity index (χ2v) is 5.42. The fourth-order valence-electron chi connectivity index (χ4n) is 2.19. The minimum Gasteiger partial charge on any atom is -0.497 e. The summed E-state index contributed by atoms with van der Waals surface area (Å²) >= 11 is 0.